The van der Waals surface area contributed by atoms with Crippen LogP contribution < -0.4 is 20.8 Å². The highest BCUT2D eigenvalue weighted by atomic mass is 16.5. The fourth-order valence-corrected chi connectivity index (χ4v) is 2.64. The molecule has 2 amide bonds. The summed E-state index contributed by atoms with van der Waals surface area (Å²) >= 11 is 0. The van der Waals surface area contributed by atoms with Crippen molar-refractivity contribution < 1.29 is 14.3 Å². The molecule has 1 heterocycles. The van der Waals surface area contributed by atoms with E-state index in [1.165, 1.54) is 5.01 Å². The number of nitrogens with zero attached hydrogens (tertiary/aromatic N) is 2. The van der Waals surface area contributed by atoms with Gasteiger partial charge in [-0.15, -0.1) is 0 Å². The highest BCUT2D eigenvalue weighted by Gasteiger charge is 2.34. The normalized spacial score (nSPS) is 16.1. The molecule has 0 saturated heterocycles. The lowest BCUT2D eigenvalue weighted by atomic mass is 10.1. The molecule has 134 valence electrons. The van der Waals surface area contributed by atoms with E-state index >= 15 is 0 Å². The van der Waals surface area contributed by atoms with Gasteiger partial charge in [-0.05, 0) is 24.3 Å². The van der Waals surface area contributed by atoms with Crippen LogP contribution in [0.3, 0.4) is 0 Å². The van der Waals surface area contributed by atoms with Gasteiger partial charge in [-0.1, -0.05) is 36.4 Å². The number of hydrazone groups is 1. The Morgan fingerprint density at radius 3 is 2.42 bits per heavy atom. The molecule has 2 aromatic carbocycles. The second-order valence-electron chi connectivity index (χ2n) is 5.77. The second-order valence-corrected chi connectivity index (χ2v) is 5.77. The van der Waals surface area contributed by atoms with Gasteiger partial charge >= 0.3 is 0 Å². The topological polar surface area (TPSA) is 97.0 Å². The van der Waals surface area contributed by atoms with E-state index in [1.807, 2.05) is 60.7 Å². The van der Waals surface area contributed by atoms with E-state index in [0.29, 0.717) is 18.8 Å². The molecular formula is C19H20N4O3. The summed E-state index contributed by atoms with van der Waals surface area (Å²) in [6, 6.07) is 17.8. The number of carbonyl (C=O) groups excluding carboxylic acids is 2. The number of rotatable bonds is 7. The Labute approximate surface area is 151 Å². The summed E-state index contributed by atoms with van der Waals surface area (Å²) in [5, 5.41) is 8.54. The summed E-state index contributed by atoms with van der Waals surface area (Å²) in [6.45, 7) is 0.671. The molecule has 0 spiro atoms. The van der Waals surface area contributed by atoms with Crippen molar-refractivity contribution in [2.24, 2.45) is 10.8 Å². The molecule has 1 unspecified atom stereocenters. The first-order valence-corrected chi connectivity index (χ1v) is 8.32. The summed E-state index contributed by atoms with van der Waals surface area (Å²) in [6.07, 6.45) is 0.176. The number of benzene rings is 2. The van der Waals surface area contributed by atoms with Crippen molar-refractivity contribution in [3.05, 3.63) is 60.7 Å². The van der Waals surface area contributed by atoms with E-state index in [9.17, 15) is 9.59 Å². The number of hydrogen-bond acceptors (Lipinski definition) is 5. The lowest BCUT2D eigenvalue weighted by Gasteiger charge is -2.20. The molecule has 0 aliphatic carbocycles. The molecule has 1 atom stereocenters. The first-order valence-electron chi connectivity index (χ1n) is 8.32. The third kappa shape index (κ3) is 4.18. The zero-order valence-corrected chi connectivity index (χ0v) is 14.2. The minimum absolute atomic E-state index is 0.176. The lowest BCUT2D eigenvalue weighted by molar-refractivity contribution is -0.119. The van der Waals surface area contributed by atoms with Crippen molar-refractivity contribution in [2.75, 3.05) is 18.2 Å². The molecule has 1 aliphatic heterocycles. The monoisotopic (exact) mass is 352 g/mol. The summed E-state index contributed by atoms with van der Waals surface area (Å²) < 4.78 is 5.53. The SMILES string of the molecule is NC(=O)C1CC(C(=O)NCCOc2ccccc2)=NN1c1ccccc1. The van der Waals surface area contributed by atoms with Gasteiger partial charge in [-0.25, -0.2) is 0 Å². The van der Waals surface area contributed by atoms with E-state index in [1.54, 1.807) is 0 Å². The minimum atomic E-state index is -0.668. The van der Waals surface area contributed by atoms with Crippen molar-refractivity contribution in [3.8, 4) is 5.75 Å². The number of hydrogen-bond donors (Lipinski definition) is 2. The van der Waals surface area contributed by atoms with E-state index in [0.717, 1.165) is 5.75 Å². The summed E-state index contributed by atoms with van der Waals surface area (Å²) in [5.41, 5.74) is 6.46. The fourth-order valence-electron chi connectivity index (χ4n) is 2.64. The van der Waals surface area contributed by atoms with Gasteiger partial charge in [-0.3, -0.25) is 14.6 Å². The van der Waals surface area contributed by atoms with Gasteiger partial charge in [0.05, 0.1) is 12.2 Å². The molecule has 2 aromatic rings. The van der Waals surface area contributed by atoms with Gasteiger partial charge < -0.3 is 15.8 Å². The molecule has 0 saturated carbocycles. The van der Waals surface area contributed by atoms with Crippen LogP contribution in [0, 0.1) is 0 Å². The maximum Gasteiger partial charge on any atom is 0.267 e. The number of amides is 2. The second kappa shape index (κ2) is 8.15. The number of primary amides is 1. The third-order valence-corrected chi connectivity index (χ3v) is 3.92. The molecule has 7 heteroatoms. The Bertz CT molecular complexity index is 793. The van der Waals surface area contributed by atoms with Gasteiger partial charge in [0.2, 0.25) is 5.91 Å². The Hall–Kier alpha value is -3.35. The third-order valence-electron chi connectivity index (χ3n) is 3.92. The fraction of sp³-hybridized carbons (Fsp3) is 0.211. The molecule has 0 radical (unpaired) electrons. The zero-order valence-electron chi connectivity index (χ0n) is 14.2. The van der Waals surface area contributed by atoms with Gasteiger partial charge in [-0.2, -0.15) is 5.10 Å². The predicted octanol–water partition coefficient (Wildman–Crippen LogP) is 1.30. The lowest BCUT2D eigenvalue weighted by Crippen LogP contribution is -2.40. The number of nitrogens with one attached hydrogen (secondary N) is 1. The summed E-state index contributed by atoms with van der Waals surface area (Å²) in [4.78, 5) is 24.1. The Balaban J connectivity index is 1.57. The number of anilines is 1. The van der Waals surface area contributed by atoms with Crippen LogP contribution in [0.5, 0.6) is 5.75 Å². The molecule has 7 nitrogen and oxygen atoms in total. The molecule has 0 fully saturated rings. The highest BCUT2D eigenvalue weighted by Crippen LogP contribution is 2.24. The quantitative estimate of drug-likeness (QED) is 0.734. The first-order chi connectivity index (χ1) is 12.6. The summed E-state index contributed by atoms with van der Waals surface area (Å²) in [7, 11) is 0. The van der Waals surface area contributed by atoms with E-state index in [-0.39, 0.29) is 18.0 Å². The van der Waals surface area contributed by atoms with Crippen LogP contribution in [0.4, 0.5) is 5.69 Å². The van der Waals surface area contributed by atoms with Gasteiger partial charge in [0.15, 0.2) is 0 Å². The minimum Gasteiger partial charge on any atom is -0.492 e. The van der Waals surface area contributed by atoms with Crippen LogP contribution in [0.15, 0.2) is 65.8 Å². The predicted molar refractivity (Wildman–Crippen MR) is 98.9 cm³/mol. The van der Waals surface area contributed by atoms with Crippen molar-refractivity contribution in [2.45, 2.75) is 12.5 Å². The number of nitrogens with two attached hydrogens (primary N) is 1. The Morgan fingerprint density at radius 2 is 1.77 bits per heavy atom. The molecule has 0 aromatic heterocycles. The van der Waals surface area contributed by atoms with E-state index < -0.39 is 11.9 Å². The molecule has 1 aliphatic rings. The van der Waals surface area contributed by atoms with Crippen molar-refractivity contribution in [3.63, 3.8) is 0 Å². The van der Waals surface area contributed by atoms with Crippen molar-refractivity contribution in [1.82, 2.24) is 5.32 Å². The Morgan fingerprint density at radius 1 is 1.12 bits per heavy atom. The van der Waals surface area contributed by atoms with Crippen LogP contribution in [-0.2, 0) is 9.59 Å². The maximum absolute atomic E-state index is 12.3. The van der Waals surface area contributed by atoms with Crippen LogP contribution in [0.1, 0.15) is 6.42 Å². The first kappa shape index (κ1) is 17.5. The average Bonchev–Trinajstić information content (AvgIpc) is 3.12. The number of para-hydroxylation sites is 2. The molecular weight excluding hydrogens is 332 g/mol. The van der Waals surface area contributed by atoms with E-state index in [4.69, 9.17) is 10.5 Å². The molecule has 26 heavy (non-hydrogen) atoms. The standard InChI is InChI=1S/C19H20N4O3/c20-18(24)17-13-16(22-23(17)14-7-3-1-4-8-14)19(25)21-11-12-26-15-9-5-2-6-10-15/h1-10,17H,11-13H2,(H2,20,24)(H,21,25). The van der Waals surface area contributed by atoms with Gasteiger partial charge in [0, 0.05) is 6.42 Å². The smallest absolute Gasteiger partial charge is 0.267 e. The van der Waals surface area contributed by atoms with Crippen molar-refractivity contribution >= 4 is 23.2 Å². The van der Waals surface area contributed by atoms with E-state index in [2.05, 4.69) is 10.4 Å². The van der Waals surface area contributed by atoms with Crippen LogP contribution in [0.2, 0.25) is 0 Å². The molecule has 3 N–H and O–H groups in total. The average molecular weight is 352 g/mol. The zero-order chi connectivity index (χ0) is 18.4. The van der Waals surface area contributed by atoms with Crippen molar-refractivity contribution in [1.29, 1.82) is 0 Å². The van der Waals surface area contributed by atoms with Crippen LogP contribution in [-0.4, -0.2) is 36.7 Å². The number of ether oxygens (including phenoxy) is 1. The highest BCUT2D eigenvalue weighted by molar-refractivity contribution is 6.40. The van der Waals surface area contributed by atoms with Gasteiger partial charge in [0.25, 0.3) is 5.91 Å². The number of carbonyl (C=O) groups is 2. The van der Waals surface area contributed by atoms with Gasteiger partial charge in [0.1, 0.15) is 24.1 Å². The largest absolute Gasteiger partial charge is 0.492 e. The molecule has 3 rings (SSSR count). The van der Waals surface area contributed by atoms with Crippen LogP contribution in [0.25, 0.3) is 0 Å². The molecule has 0 bridgehead atoms. The Kier molecular flexibility index (Phi) is 5.48. The maximum atomic E-state index is 12.3. The summed E-state index contributed by atoms with van der Waals surface area (Å²) in [5.74, 6) is -0.108. The van der Waals surface area contributed by atoms with Crippen LogP contribution >= 0.6 is 0 Å².